The summed E-state index contributed by atoms with van der Waals surface area (Å²) in [5.41, 5.74) is 6.49. The molecule has 3 heterocycles. The topological polar surface area (TPSA) is 130 Å². The lowest BCUT2D eigenvalue weighted by molar-refractivity contribution is 0.366. The molecule has 0 bridgehead atoms. The number of nitrogens with two attached hydrogens (primary N) is 1. The molecule has 0 spiro atoms. The number of hydrogen-bond donors (Lipinski definition) is 3. The van der Waals surface area contributed by atoms with Gasteiger partial charge in [0.05, 0.1) is 18.6 Å². The number of nitrogens with zero attached hydrogens (tertiary/aromatic N) is 1. The zero-order valence-electron chi connectivity index (χ0n) is 14.6. The van der Waals surface area contributed by atoms with Gasteiger partial charge in [-0.1, -0.05) is 0 Å². The lowest BCUT2D eigenvalue weighted by Crippen LogP contribution is -2.28. The standard InChI is InChI=1S/C19H14N4O4S/c1-25-10-4-2-9(3-5-10)12-6-7-13(26-12)14-11(8-20)16(21)27-18-15(14)17(24)22-19(28)23-18/h2-7,14H,21H2,1H3,(H2,22,23,24,28)/t14-/m0/s1. The molecular formula is C19H14N4O4S. The molecule has 8 nitrogen and oxygen atoms in total. The summed E-state index contributed by atoms with van der Waals surface area (Å²) < 4.78 is 16.6. The average molecular weight is 394 g/mol. The second-order valence-corrected chi connectivity index (χ2v) is 6.41. The maximum Gasteiger partial charge on any atom is 0.259 e. The van der Waals surface area contributed by atoms with Crippen molar-refractivity contribution in [1.29, 1.82) is 5.26 Å². The molecule has 0 saturated heterocycles. The first kappa shape index (κ1) is 17.6. The number of furan rings is 1. The van der Waals surface area contributed by atoms with E-state index in [0.717, 1.165) is 11.3 Å². The van der Waals surface area contributed by atoms with Crippen molar-refractivity contribution in [3.05, 3.63) is 74.3 Å². The molecular weight excluding hydrogens is 380 g/mol. The first-order valence-electron chi connectivity index (χ1n) is 8.20. The first-order valence-corrected chi connectivity index (χ1v) is 8.61. The maximum absolute atomic E-state index is 12.5. The summed E-state index contributed by atoms with van der Waals surface area (Å²) in [7, 11) is 1.59. The number of benzene rings is 1. The van der Waals surface area contributed by atoms with Gasteiger partial charge in [-0.15, -0.1) is 0 Å². The molecule has 1 aliphatic heterocycles. The predicted octanol–water partition coefficient (Wildman–Crippen LogP) is 2.92. The van der Waals surface area contributed by atoms with E-state index in [2.05, 4.69) is 9.97 Å². The van der Waals surface area contributed by atoms with Crippen molar-refractivity contribution in [2.75, 3.05) is 7.11 Å². The van der Waals surface area contributed by atoms with E-state index in [9.17, 15) is 10.1 Å². The van der Waals surface area contributed by atoms with Gasteiger partial charge >= 0.3 is 0 Å². The summed E-state index contributed by atoms with van der Waals surface area (Å²) in [4.78, 5) is 17.8. The number of aromatic amines is 2. The van der Waals surface area contributed by atoms with Gasteiger partial charge in [0.25, 0.3) is 5.56 Å². The van der Waals surface area contributed by atoms with E-state index in [1.807, 2.05) is 30.3 Å². The minimum Gasteiger partial charge on any atom is -0.497 e. The van der Waals surface area contributed by atoms with Crippen LogP contribution in [0.3, 0.4) is 0 Å². The van der Waals surface area contributed by atoms with Gasteiger partial charge in [0.2, 0.25) is 11.8 Å². The van der Waals surface area contributed by atoms with E-state index in [1.165, 1.54) is 0 Å². The monoisotopic (exact) mass is 394 g/mol. The van der Waals surface area contributed by atoms with Gasteiger partial charge in [-0.05, 0) is 48.6 Å². The second kappa shape index (κ2) is 6.75. The third kappa shape index (κ3) is 2.86. The van der Waals surface area contributed by atoms with Crippen LogP contribution in [0.2, 0.25) is 0 Å². The fourth-order valence-corrected chi connectivity index (χ4v) is 3.28. The Kier molecular flexibility index (Phi) is 4.25. The van der Waals surface area contributed by atoms with Crippen LogP contribution in [0.25, 0.3) is 11.3 Å². The van der Waals surface area contributed by atoms with Gasteiger partial charge in [0.1, 0.15) is 28.9 Å². The van der Waals surface area contributed by atoms with Crippen molar-refractivity contribution >= 4 is 12.2 Å². The highest BCUT2D eigenvalue weighted by atomic mass is 32.1. The minimum absolute atomic E-state index is 0.0825. The number of rotatable bonds is 3. The predicted molar refractivity (Wildman–Crippen MR) is 102 cm³/mol. The zero-order valence-corrected chi connectivity index (χ0v) is 15.4. The van der Waals surface area contributed by atoms with E-state index >= 15 is 0 Å². The minimum atomic E-state index is -0.823. The van der Waals surface area contributed by atoms with Crippen LogP contribution in [-0.4, -0.2) is 17.1 Å². The molecule has 1 atom stereocenters. The van der Waals surface area contributed by atoms with E-state index in [0.29, 0.717) is 11.5 Å². The Morgan fingerprint density at radius 3 is 2.64 bits per heavy atom. The molecule has 0 aliphatic carbocycles. The smallest absolute Gasteiger partial charge is 0.259 e. The number of nitrogens with one attached hydrogen (secondary N) is 2. The molecule has 0 saturated carbocycles. The van der Waals surface area contributed by atoms with Crippen LogP contribution in [0.4, 0.5) is 0 Å². The van der Waals surface area contributed by atoms with Crippen molar-refractivity contribution in [2.45, 2.75) is 5.92 Å². The largest absolute Gasteiger partial charge is 0.497 e. The molecule has 3 aromatic rings. The van der Waals surface area contributed by atoms with Crippen LogP contribution in [-0.2, 0) is 0 Å². The van der Waals surface area contributed by atoms with Crippen molar-refractivity contribution in [3.8, 4) is 29.0 Å². The summed E-state index contributed by atoms with van der Waals surface area (Å²) in [6.07, 6.45) is 0. The van der Waals surface area contributed by atoms with Crippen LogP contribution in [0, 0.1) is 16.1 Å². The van der Waals surface area contributed by atoms with Gasteiger partial charge in [-0.2, -0.15) is 5.26 Å². The SMILES string of the molecule is COc1ccc(-c2ccc([C@@H]3C(C#N)=C(N)Oc4[nH]c(=S)[nH]c(=O)c43)o2)cc1. The van der Waals surface area contributed by atoms with E-state index < -0.39 is 11.5 Å². The van der Waals surface area contributed by atoms with E-state index in [1.54, 1.807) is 19.2 Å². The number of hydrogen-bond acceptors (Lipinski definition) is 7. The highest BCUT2D eigenvalue weighted by Gasteiger charge is 2.36. The summed E-state index contributed by atoms with van der Waals surface area (Å²) in [5, 5.41) is 9.58. The van der Waals surface area contributed by atoms with Crippen molar-refractivity contribution in [2.24, 2.45) is 5.73 Å². The average Bonchev–Trinajstić information content (AvgIpc) is 3.16. The summed E-state index contributed by atoms with van der Waals surface area (Å²) in [5.74, 6) is 0.832. The normalized spacial score (nSPS) is 15.5. The van der Waals surface area contributed by atoms with Crippen LogP contribution >= 0.6 is 12.2 Å². The second-order valence-electron chi connectivity index (χ2n) is 6.01. The number of H-pyrrole nitrogens is 2. The van der Waals surface area contributed by atoms with Crippen LogP contribution in [0.15, 0.2) is 57.1 Å². The third-order valence-electron chi connectivity index (χ3n) is 4.40. The Morgan fingerprint density at radius 2 is 1.96 bits per heavy atom. The molecule has 0 amide bonds. The van der Waals surface area contributed by atoms with Gasteiger partial charge in [-0.3, -0.25) is 9.78 Å². The quantitative estimate of drug-likeness (QED) is 0.582. The molecule has 140 valence electrons. The summed E-state index contributed by atoms with van der Waals surface area (Å²) >= 11 is 4.98. The lowest BCUT2D eigenvalue weighted by Gasteiger charge is -2.23. The Hall–Kier alpha value is -3.77. The molecule has 4 N–H and O–H groups in total. The number of methoxy groups -OCH3 is 1. The van der Waals surface area contributed by atoms with E-state index in [4.69, 9.17) is 31.8 Å². The Labute approximate surface area is 163 Å². The molecule has 0 fully saturated rings. The molecule has 1 aliphatic rings. The number of allylic oxidation sites excluding steroid dienone is 1. The van der Waals surface area contributed by atoms with E-state index in [-0.39, 0.29) is 27.7 Å². The summed E-state index contributed by atoms with van der Waals surface area (Å²) in [6, 6.07) is 12.8. The molecule has 28 heavy (non-hydrogen) atoms. The fraction of sp³-hybridized carbons (Fsp3) is 0.105. The van der Waals surface area contributed by atoms with Crippen molar-refractivity contribution in [3.63, 3.8) is 0 Å². The van der Waals surface area contributed by atoms with Crippen LogP contribution in [0.5, 0.6) is 11.6 Å². The first-order chi connectivity index (χ1) is 13.5. The lowest BCUT2D eigenvalue weighted by atomic mass is 9.89. The van der Waals surface area contributed by atoms with Crippen molar-refractivity contribution in [1.82, 2.24) is 9.97 Å². The molecule has 1 aromatic carbocycles. The third-order valence-corrected chi connectivity index (χ3v) is 4.61. The molecule has 0 unspecified atom stereocenters. The molecule has 0 radical (unpaired) electrons. The maximum atomic E-state index is 12.5. The number of fused-ring (bicyclic) bond motifs is 1. The van der Waals surface area contributed by atoms with Crippen molar-refractivity contribution < 1.29 is 13.9 Å². The van der Waals surface area contributed by atoms with Crippen LogP contribution < -0.4 is 20.8 Å². The van der Waals surface area contributed by atoms with Gasteiger partial charge < -0.3 is 24.6 Å². The number of nitriles is 1. The molecule has 9 heteroatoms. The Balaban J connectivity index is 1.84. The Morgan fingerprint density at radius 1 is 1.21 bits per heavy atom. The highest BCUT2D eigenvalue weighted by molar-refractivity contribution is 7.71. The Bertz CT molecular complexity index is 1240. The van der Waals surface area contributed by atoms with Gasteiger partial charge in [-0.25, -0.2) is 0 Å². The number of ether oxygens (including phenoxy) is 2. The fourth-order valence-electron chi connectivity index (χ4n) is 3.09. The zero-order chi connectivity index (χ0) is 19.8. The van der Waals surface area contributed by atoms with Crippen LogP contribution in [0.1, 0.15) is 17.2 Å². The van der Waals surface area contributed by atoms with Gasteiger partial charge in [0, 0.05) is 5.56 Å². The summed E-state index contributed by atoms with van der Waals surface area (Å²) in [6.45, 7) is 0. The molecule has 4 rings (SSSR count). The molecule has 2 aromatic heterocycles. The number of aromatic nitrogens is 2. The van der Waals surface area contributed by atoms with Gasteiger partial charge in [0.15, 0.2) is 4.77 Å². The highest BCUT2D eigenvalue weighted by Crippen LogP contribution is 2.40.